The number of hydrogen-bond acceptors (Lipinski definition) is 5. The van der Waals surface area contributed by atoms with Gasteiger partial charge in [-0.1, -0.05) is 29.3 Å². The molecule has 0 atom stereocenters. The Morgan fingerprint density at radius 1 is 1.04 bits per heavy atom. The molecule has 0 spiro atoms. The van der Waals surface area contributed by atoms with Crippen molar-refractivity contribution in [3.8, 4) is 0 Å². The number of carbonyl (C=O) groups excluding carboxylic acids is 1. The monoisotopic (exact) mass is 373 g/mol. The van der Waals surface area contributed by atoms with Crippen molar-refractivity contribution in [2.45, 2.75) is 6.54 Å². The Morgan fingerprint density at radius 2 is 1.84 bits per heavy atom. The summed E-state index contributed by atoms with van der Waals surface area (Å²) in [6, 6.07) is 10.4. The number of benzene rings is 1. The predicted molar refractivity (Wildman–Crippen MR) is 97.2 cm³/mol. The van der Waals surface area contributed by atoms with Crippen LogP contribution in [0.5, 0.6) is 0 Å². The van der Waals surface area contributed by atoms with Crippen molar-refractivity contribution in [2.24, 2.45) is 0 Å². The van der Waals surface area contributed by atoms with E-state index in [9.17, 15) is 4.79 Å². The summed E-state index contributed by atoms with van der Waals surface area (Å²) >= 11 is 12.1. The minimum absolute atomic E-state index is 0.240. The minimum Gasteiger partial charge on any atom is -0.347 e. The van der Waals surface area contributed by atoms with Crippen LogP contribution >= 0.6 is 23.2 Å². The third-order valence-corrected chi connectivity index (χ3v) is 4.11. The van der Waals surface area contributed by atoms with Crippen LogP contribution in [-0.4, -0.2) is 20.9 Å². The molecule has 0 bridgehead atoms. The fourth-order valence-electron chi connectivity index (χ4n) is 2.04. The summed E-state index contributed by atoms with van der Waals surface area (Å²) in [5, 5.41) is 6.53. The van der Waals surface area contributed by atoms with Gasteiger partial charge in [0.05, 0.1) is 15.7 Å². The van der Waals surface area contributed by atoms with E-state index in [1.54, 1.807) is 30.6 Å². The van der Waals surface area contributed by atoms with Crippen LogP contribution in [0.3, 0.4) is 0 Å². The van der Waals surface area contributed by atoms with Crippen LogP contribution in [0.25, 0.3) is 0 Å². The number of hydrogen-bond donors (Lipinski definition) is 2. The molecular formula is C17H13Cl2N5O. The van der Waals surface area contributed by atoms with Gasteiger partial charge < -0.3 is 10.6 Å². The number of pyridine rings is 1. The number of amides is 1. The molecule has 126 valence electrons. The summed E-state index contributed by atoms with van der Waals surface area (Å²) < 4.78 is 0. The fraction of sp³-hybridized carbons (Fsp3) is 0.0588. The van der Waals surface area contributed by atoms with Crippen molar-refractivity contribution in [1.29, 1.82) is 0 Å². The summed E-state index contributed by atoms with van der Waals surface area (Å²) in [5.74, 6) is -0.0554. The number of halogens is 2. The first-order valence-corrected chi connectivity index (χ1v) is 8.10. The van der Waals surface area contributed by atoms with E-state index in [1.807, 2.05) is 12.1 Å². The molecule has 2 heterocycles. The van der Waals surface area contributed by atoms with Gasteiger partial charge in [-0.3, -0.25) is 9.78 Å². The zero-order chi connectivity index (χ0) is 17.6. The molecule has 3 rings (SSSR count). The van der Waals surface area contributed by atoms with Gasteiger partial charge in [0.25, 0.3) is 5.91 Å². The van der Waals surface area contributed by atoms with Crippen LogP contribution in [0, 0.1) is 0 Å². The zero-order valence-electron chi connectivity index (χ0n) is 12.9. The average Bonchev–Trinajstić information content (AvgIpc) is 2.64. The maximum Gasteiger partial charge on any atom is 0.270 e. The van der Waals surface area contributed by atoms with Gasteiger partial charge in [-0.15, -0.1) is 0 Å². The van der Waals surface area contributed by atoms with Crippen LogP contribution in [0.1, 0.15) is 16.1 Å². The molecule has 0 saturated heterocycles. The van der Waals surface area contributed by atoms with E-state index < -0.39 is 0 Å². The number of aromatic nitrogens is 3. The quantitative estimate of drug-likeness (QED) is 0.709. The van der Waals surface area contributed by atoms with Crippen molar-refractivity contribution in [3.05, 3.63) is 76.3 Å². The van der Waals surface area contributed by atoms with Crippen LogP contribution in [-0.2, 0) is 6.54 Å². The maximum absolute atomic E-state index is 12.3. The lowest BCUT2D eigenvalue weighted by molar-refractivity contribution is 0.0946. The smallest absolute Gasteiger partial charge is 0.270 e. The summed E-state index contributed by atoms with van der Waals surface area (Å²) in [4.78, 5) is 24.5. The van der Waals surface area contributed by atoms with Crippen molar-refractivity contribution in [1.82, 2.24) is 20.3 Å². The Balaban J connectivity index is 1.70. The lowest BCUT2D eigenvalue weighted by Gasteiger charge is -2.09. The molecule has 0 fully saturated rings. The van der Waals surface area contributed by atoms with Gasteiger partial charge in [-0.05, 0) is 35.9 Å². The SMILES string of the molecule is O=C(NCc1ccncc1)c1ccnc(Nc2cccc(Cl)c2Cl)n1. The fourth-order valence-corrected chi connectivity index (χ4v) is 2.39. The van der Waals surface area contributed by atoms with Gasteiger partial charge in [0.2, 0.25) is 5.95 Å². The summed E-state index contributed by atoms with van der Waals surface area (Å²) in [6.45, 7) is 0.383. The molecule has 0 aliphatic rings. The molecule has 0 aliphatic heterocycles. The Labute approximate surface area is 154 Å². The first-order valence-electron chi connectivity index (χ1n) is 7.34. The molecule has 0 radical (unpaired) electrons. The van der Waals surface area contributed by atoms with Gasteiger partial charge in [0, 0.05) is 25.1 Å². The van der Waals surface area contributed by atoms with Crippen molar-refractivity contribution >= 4 is 40.7 Å². The molecule has 25 heavy (non-hydrogen) atoms. The topological polar surface area (TPSA) is 79.8 Å². The molecule has 0 unspecified atom stereocenters. The molecule has 0 aliphatic carbocycles. The van der Waals surface area contributed by atoms with Crippen LogP contribution < -0.4 is 10.6 Å². The lowest BCUT2D eigenvalue weighted by Crippen LogP contribution is -2.24. The lowest BCUT2D eigenvalue weighted by atomic mass is 10.2. The largest absolute Gasteiger partial charge is 0.347 e. The normalized spacial score (nSPS) is 10.3. The Bertz CT molecular complexity index is 889. The van der Waals surface area contributed by atoms with Gasteiger partial charge in [-0.25, -0.2) is 9.97 Å². The second-order valence-corrected chi connectivity index (χ2v) is 5.82. The third-order valence-electron chi connectivity index (χ3n) is 3.29. The Hall–Kier alpha value is -2.70. The highest BCUT2D eigenvalue weighted by Gasteiger charge is 2.10. The van der Waals surface area contributed by atoms with E-state index in [1.165, 1.54) is 12.3 Å². The second-order valence-electron chi connectivity index (χ2n) is 5.03. The van der Waals surface area contributed by atoms with Crippen molar-refractivity contribution in [3.63, 3.8) is 0 Å². The van der Waals surface area contributed by atoms with Crippen molar-refractivity contribution < 1.29 is 4.79 Å². The van der Waals surface area contributed by atoms with Crippen LogP contribution in [0.2, 0.25) is 10.0 Å². The number of rotatable bonds is 5. The van der Waals surface area contributed by atoms with E-state index in [-0.39, 0.29) is 17.5 Å². The minimum atomic E-state index is -0.306. The average molecular weight is 374 g/mol. The molecule has 1 amide bonds. The van der Waals surface area contributed by atoms with E-state index in [0.29, 0.717) is 22.3 Å². The number of carbonyl (C=O) groups is 1. The standard InChI is InChI=1S/C17H13Cl2N5O/c18-12-2-1-3-13(15(12)19)23-17-21-9-6-14(24-17)16(25)22-10-11-4-7-20-8-5-11/h1-9H,10H2,(H,22,25)(H,21,23,24). The van der Waals surface area contributed by atoms with Crippen LogP contribution in [0.4, 0.5) is 11.6 Å². The van der Waals surface area contributed by atoms with Crippen molar-refractivity contribution in [2.75, 3.05) is 5.32 Å². The second kappa shape index (κ2) is 7.92. The predicted octanol–water partition coefficient (Wildman–Crippen LogP) is 3.85. The van der Waals surface area contributed by atoms with Gasteiger partial charge in [0.15, 0.2) is 0 Å². The van der Waals surface area contributed by atoms with Crippen LogP contribution in [0.15, 0.2) is 55.0 Å². The number of anilines is 2. The third kappa shape index (κ3) is 4.43. The molecule has 2 N–H and O–H groups in total. The number of nitrogens with zero attached hydrogens (tertiary/aromatic N) is 3. The highest BCUT2D eigenvalue weighted by Crippen LogP contribution is 2.30. The molecular weight excluding hydrogens is 361 g/mol. The van der Waals surface area contributed by atoms with E-state index in [2.05, 4.69) is 25.6 Å². The van der Waals surface area contributed by atoms with Gasteiger partial charge in [-0.2, -0.15) is 0 Å². The van der Waals surface area contributed by atoms with Gasteiger partial charge >= 0.3 is 0 Å². The first-order chi connectivity index (χ1) is 12.1. The maximum atomic E-state index is 12.3. The molecule has 0 saturated carbocycles. The molecule has 2 aromatic heterocycles. The summed E-state index contributed by atoms with van der Waals surface area (Å²) in [7, 11) is 0. The molecule has 8 heteroatoms. The Kier molecular flexibility index (Phi) is 5.42. The molecule has 3 aromatic rings. The zero-order valence-corrected chi connectivity index (χ0v) is 14.4. The first kappa shape index (κ1) is 17.1. The summed E-state index contributed by atoms with van der Waals surface area (Å²) in [6.07, 6.45) is 4.83. The van der Waals surface area contributed by atoms with E-state index >= 15 is 0 Å². The molecule has 6 nitrogen and oxygen atoms in total. The highest BCUT2D eigenvalue weighted by atomic mass is 35.5. The highest BCUT2D eigenvalue weighted by molar-refractivity contribution is 6.43. The van der Waals surface area contributed by atoms with Gasteiger partial charge in [0.1, 0.15) is 5.69 Å². The molecule has 1 aromatic carbocycles. The van der Waals surface area contributed by atoms with E-state index in [4.69, 9.17) is 23.2 Å². The number of nitrogens with one attached hydrogen (secondary N) is 2. The summed E-state index contributed by atoms with van der Waals surface area (Å²) in [5.41, 5.74) is 1.75. The Morgan fingerprint density at radius 3 is 2.64 bits per heavy atom. The van der Waals surface area contributed by atoms with E-state index in [0.717, 1.165) is 5.56 Å².